The van der Waals surface area contributed by atoms with Gasteiger partial charge in [0.05, 0.1) is 0 Å². The Balaban J connectivity index is 0.000000810. The molecule has 0 aliphatic carbocycles. The van der Waals surface area contributed by atoms with Crippen LogP contribution in [0.3, 0.4) is 0 Å². The number of benzene rings is 1. The molecule has 1 aromatic rings. The van der Waals surface area contributed by atoms with Crippen LogP contribution in [0.15, 0.2) is 28.7 Å². The van der Waals surface area contributed by atoms with E-state index in [1.807, 2.05) is 12.1 Å². The largest absolute Gasteiger partial charge is 0.298 e. The van der Waals surface area contributed by atoms with E-state index in [0.717, 1.165) is 10.8 Å². The quantitative estimate of drug-likeness (QED) is 0.714. The summed E-state index contributed by atoms with van der Waals surface area (Å²) in [5.74, 6) is 0. The van der Waals surface area contributed by atoms with E-state index in [1.54, 1.807) is 12.1 Å². The molecule has 0 atom stereocenters. The lowest BCUT2D eigenvalue weighted by molar-refractivity contribution is 0.112. The van der Waals surface area contributed by atoms with E-state index in [-0.39, 0.29) is 17.0 Å². The third-order valence-corrected chi connectivity index (χ3v) is 1.53. The SMILES string of the molecule is Br.O=Cc1ccc(Br)cc1. The smallest absolute Gasteiger partial charge is 0.150 e. The molecular weight excluding hydrogens is 260 g/mol. The molecule has 0 radical (unpaired) electrons. The summed E-state index contributed by atoms with van der Waals surface area (Å²) >= 11 is 3.26. The van der Waals surface area contributed by atoms with Gasteiger partial charge in [-0.15, -0.1) is 17.0 Å². The fourth-order valence-electron chi connectivity index (χ4n) is 0.541. The predicted octanol–water partition coefficient (Wildman–Crippen LogP) is 2.84. The van der Waals surface area contributed by atoms with Gasteiger partial charge in [0, 0.05) is 10.0 Å². The minimum Gasteiger partial charge on any atom is -0.298 e. The van der Waals surface area contributed by atoms with Crippen molar-refractivity contribution in [3.05, 3.63) is 34.3 Å². The van der Waals surface area contributed by atoms with Crippen LogP contribution in [0.2, 0.25) is 0 Å². The van der Waals surface area contributed by atoms with Crippen molar-refractivity contribution < 1.29 is 4.79 Å². The molecule has 0 saturated heterocycles. The van der Waals surface area contributed by atoms with E-state index in [2.05, 4.69) is 15.9 Å². The molecule has 0 fully saturated rings. The average Bonchev–Trinajstić information content (AvgIpc) is 1.90. The second kappa shape index (κ2) is 4.63. The number of halogens is 2. The Kier molecular flexibility index (Phi) is 4.56. The molecule has 1 nitrogen and oxygen atoms in total. The van der Waals surface area contributed by atoms with Crippen LogP contribution in [0.25, 0.3) is 0 Å². The first-order chi connectivity index (χ1) is 4.33. The maximum Gasteiger partial charge on any atom is 0.150 e. The lowest BCUT2D eigenvalue weighted by Crippen LogP contribution is -1.75. The number of rotatable bonds is 1. The van der Waals surface area contributed by atoms with Gasteiger partial charge in [-0.3, -0.25) is 4.79 Å². The second-order valence-corrected chi connectivity index (χ2v) is 2.59. The molecule has 0 saturated carbocycles. The average molecular weight is 266 g/mol. The zero-order chi connectivity index (χ0) is 6.69. The Hall–Kier alpha value is -0.150. The van der Waals surface area contributed by atoms with Crippen LogP contribution in [0.1, 0.15) is 10.4 Å². The molecule has 0 heterocycles. The van der Waals surface area contributed by atoms with Crippen molar-refractivity contribution in [2.24, 2.45) is 0 Å². The molecule has 0 unspecified atom stereocenters. The first-order valence-electron chi connectivity index (χ1n) is 2.53. The van der Waals surface area contributed by atoms with Crippen LogP contribution in [0.4, 0.5) is 0 Å². The van der Waals surface area contributed by atoms with Gasteiger partial charge in [-0.05, 0) is 12.1 Å². The lowest BCUT2D eigenvalue weighted by Gasteiger charge is -1.87. The van der Waals surface area contributed by atoms with Crippen molar-refractivity contribution in [2.75, 3.05) is 0 Å². The molecular formula is C7H6Br2O. The number of aldehydes is 1. The molecule has 0 aliphatic heterocycles. The van der Waals surface area contributed by atoms with Crippen molar-refractivity contribution >= 4 is 39.2 Å². The Bertz CT molecular complexity index is 205. The Morgan fingerprint density at radius 2 is 1.70 bits per heavy atom. The van der Waals surface area contributed by atoms with Gasteiger partial charge < -0.3 is 0 Å². The fraction of sp³-hybridized carbons (Fsp3) is 0. The van der Waals surface area contributed by atoms with Crippen LogP contribution in [-0.4, -0.2) is 6.29 Å². The van der Waals surface area contributed by atoms with Crippen LogP contribution in [0.5, 0.6) is 0 Å². The van der Waals surface area contributed by atoms with Crippen LogP contribution < -0.4 is 0 Å². The number of carbonyl (C=O) groups excluding carboxylic acids is 1. The maximum absolute atomic E-state index is 10.1. The van der Waals surface area contributed by atoms with E-state index >= 15 is 0 Å². The van der Waals surface area contributed by atoms with Crippen molar-refractivity contribution in [3.63, 3.8) is 0 Å². The summed E-state index contributed by atoms with van der Waals surface area (Å²) in [6.45, 7) is 0. The number of hydrogen-bond donors (Lipinski definition) is 0. The summed E-state index contributed by atoms with van der Waals surface area (Å²) in [6.07, 6.45) is 0.826. The second-order valence-electron chi connectivity index (χ2n) is 1.67. The monoisotopic (exact) mass is 264 g/mol. The highest BCUT2D eigenvalue weighted by Gasteiger charge is 1.86. The summed E-state index contributed by atoms with van der Waals surface area (Å²) < 4.78 is 0.994. The lowest BCUT2D eigenvalue weighted by atomic mass is 10.2. The van der Waals surface area contributed by atoms with Crippen molar-refractivity contribution in [1.82, 2.24) is 0 Å². The molecule has 0 amide bonds. The van der Waals surface area contributed by atoms with Crippen LogP contribution >= 0.6 is 32.9 Å². The minimum atomic E-state index is 0. The van der Waals surface area contributed by atoms with Gasteiger partial charge in [0.25, 0.3) is 0 Å². The molecule has 10 heavy (non-hydrogen) atoms. The summed E-state index contributed by atoms with van der Waals surface area (Å²) in [7, 11) is 0. The Morgan fingerprint density at radius 1 is 1.20 bits per heavy atom. The first kappa shape index (κ1) is 9.85. The van der Waals surface area contributed by atoms with Crippen LogP contribution in [-0.2, 0) is 0 Å². The van der Waals surface area contributed by atoms with Crippen molar-refractivity contribution in [3.8, 4) is 0 Å². The van der Waals surface area contributed by atoms with Crippen molar-refractivity contribution in [2.45, 2.75) is 0 Å². The van der Waals surface area contributed by atoms with E-state index in [1.165, 1.54) is 0 Å². The maximum atomic E-state index is 10.1. The van der Waals surface area contributed by atoms with E-state index < -0.39 is 0 Å². The molecule has 1 rings (SSSR count). The highest BCUT2D eigenvalue weighted by Crippen LogP contribution is 2.08. The fourth-order valence-corrected chi connectivity index (χ4v) is 0.806. The molecule has 3 heteroatoms. The van der Waals surface area contributed by atoms with Gasteiger partial charge in [0.1, 0.15) is 6.29 Å². The minimum absolute atomic E-state index is 0. The zero-order valence-corrected chi connectivity index (χ0v) is 8.38. The summed E-state index contributed by atoms with van der Waals surface area (Å²) in [5, 5.41) is 0. The first-order valence-corrected chi connectivity index (χ1v) is 3.33. The van der Waals surface area contributed by atoms with Gasteiger partial charge in [0.2, 0.25) is 0 Å². The topological polar surface area (TPSA) is 17.1 Å². The molecule has 0 aromatic heterocycles. The highest BCUT2D eigenvalue weighted by molar-refractivity contribution is 9.10. The zero-order valence-electron chi connectivity index (χ0n) is 5.08. The molecule has 1 aromatic carbocycles. The van der Waals surface area contributed by atoms with E-state index in [0.29, 0.717) is 5.56 Å². The normalized spacial score (nSPS) is 8.10. The van der Waals surface area contributed by atoms with Gasteiger partial charge in [-0.25, -0.2) is 0 Å². The van der Waals surface area contributed by atoms with Gasteiger partial charge in [0.15, 0.2) is 0 Å². The van der Waals surface area contributed by atoms with E-state index in [9.17, 15) is 4.79 Å². The molecule has 0 N–H and O–H groups in total. The Morgan fingerprint density at radius 3 is 2.10 bits per heavy atom. The molecule has 0 aliphatic rings. The number of carbonyl (C=O) groups is 1. The van der Waals surface area contributed by atoms with Gasteiger partial charge >= 0.3 is 0 Å². The molecule has 54 valence electrons. The molecule has 0 bridgehead atoms. The van der Waals surface area contributed by atoms with E-state index in [4.69, 9.17) is 0 Å². The highest BCUT2D eigenvalue weighted by atomic mass is 79.9. The summed E-state index contributed by atoms with van der Waals surface area (Å²) in [6, 6.07) is 7.20. The third kappa shape index (κ3) is 2.62. The summed E-state index contributed by atoms with van der Waals surface area (Å²) in [4.78, 5) is 10.1. The van der Waals surface area contributed by atoms with Crippen LogP contribution in [0, 0.1) is 0 Å². The summed E-state index contributed by atoms with van der Waals surface area (Å²) in [5.41, 5.74) is 0.707. The third-order valence-electron chi connectivity index (χ3n) is 1.01. The molecule has 0 spiro atoms. The van der Waals surface area contributed by atoms with Gasteiger partial charge in [-0.2, -0.15) is 0 Å². The predicted molar refractivity (Wildman–Crippen MR) is 49.9 cm³/mol. The number of hydrogen-bond acceptors (Lipinski definition) is 1. The van der Waals surface area contributed by atoms with Crippen molar-refractivity contribution in [1.29, 1.82) is 0 Å². The Labute approximate surface area is 78.3 Å². The van der Waals surface area contributed by atoms with Gasteiger partial charge in [-0.1, -0.05) is 28.1 Å². The standard InChI is InChI=1S/C7H5BrO.BrH/c8-7-3-1-6(5-9)2-4-7;/h1-5H;1H.